The summed E-state index contributed by atoms with van der Waals surface area (Å²) in [5.41, 5.74) is 1.71. The zero-order chi connectivity index (χ0) is 9.52. The molecule has 1 atom stereocenters. The van der Waals surface area contributed by atoms with Crippen molar-refractivity contribution in [3.05, 3.63) is 5.51 Å². The normalized spacial score (nSPS) is 12.3. The predicted molar refractivity (Wildman–Crippen MR) is 53.7 cm³/mol. The monoisotopic (exact) mass is 214 g/mol. The van der Waals surface area contributed by atoms with E-state index in [4.69, 9.17) is 5.26 Å². The van der Waals surface area contributed by atoms with Crippen molar-refractivity contribution in [2.75, 3.05) is 12.8 Å². The molecule has 1 aromatic rings. The summed E-state index contributed by atoms with van der Waals surface area (Å²) < 4.78 is 0.966. The van der Waals surface area contributed by atoms with Crippen LogP contribution in [-0.4, -0.2) is 29.0 Å². The highest BCUT2D eigenvalue weighted by Crippen LogP contribution is 2.19. The molecule has 1 unspecified atom stereocenters. The maximum absolute atomic E-state index is 8.64. The first-order valence-electron chi connectivity index (χ1n) is 3.82. The average Bonchev–Trinajstić information content (AvgIpc) is 2.65. The number of hydrogen-bond donors (Lipinski definition) is 1. The van der Waals surface area contributed by atoms with Crippen LogP contribution < -0.4 is 5.32 Å². The quantitative estimate of drug-likeness (QED) is 0.744. The number of nitrogens with zero attached hydrogens (tertiary/aromatic N) is 3. The van der Waals surface area contributed by atoms with Crippen molar-refractivity contribution in [2.45, 2.75) is 16.8 Å². The van der Waals surface area contributed by atoms with Crippen LogP contribution in [0.3, 0.4) is 0 Å². The smallest absolute Gasteiger partial charge is 0.174 e. The molecule has 0 aliphatic heterocycles. The Morgan fingerprint density at radius 2 is 2.69 bits per heavy atom. The average molecular weight is 214 g/mol. The second-order valence-corrected chi connectivity index (χ2v) is 4.49. The third-order valence-corrected chi connectivity index (χ3v) is 3.37. The molecular formula is C7H10N4S2. The van der Waals surface area contributed by atoms with Gasteiger partial charge in [-0.2, -0.15) is 5.26 Å². The second-order valence-electron chi connectivity index (χ2n) is 2.31. The van der Waals surface area contributed by atoms with Gasteiger partial charge in [0.2, 0.25) is 0 Å². The minimum atomic E-state index is -0.0552. The van der Waals surface area contributed by atoms with Gasteiger partial charge in [0.15, 0.2) is 4.34 Å². The van der Waals surface area contributed by atoms with Crippen LogP contribution in [-0.2, 0) is 0 Å². The summed E-state index contributed by atoms with van der Waals surface area (Å²) in [7, 11) is 1.80. The van der Waals surface area contributed by atoms with Crippen molar-refractivity contribution in [1.82, 2.24) is 15.5 Å². The van der Waals surface area contributed by atoms with E-state index >= 15 is 0 Å². The van der Waals surface area contributed by atoms with Gasteiger partial charge < -0.3 is 5.32 Å². The molecule has 0 aromatic carbocycles. The van der Waals surface area contributed by atoms with Crippen LogP contribution in [0.4, 0.5) is 0 Å². The third-order valence-electron chi connectivity index (χ3n) is 1.48. The Balaban J connectivity index is 2.18. The van der Waals surface area contributed by atoms with Crippen LogP contribution in [0.5, 0.6) is 0 Å². The van der Waals surface area contributed by atoms with Crippen LogP contribution in [0.1, 0.15) is 6.42 Å². The van der Waals surface area contributed by atoms with Crippen LogP contribution in [0.2, 0.25) is 0 Å². The Hall–Kier alpha value is -0.640. The Bertz CT molecular complexity index is 267. The second kappa shape index (κ2) is 5.91. The highest BCUT2D eigenvalue weighted by molar-refractivity contribution is 8.00. The lowest BCUT2D eigenvalue weighted by Crippen LogP contribution is -2.23. The summed E-state index contributed by atoms with van der Waals surface area (Å²) in [6.07, 6.45) is 0.831. The van der Waals surface area contributed by atoms with Crippen LogP contribution in [0, 0.1) is 11.3 Å². The van der Waals surface area contributed by atoms with Crippen molar-refractivity contribution in [3.63, 3.8) is 0 Å². The van der Waals surface area contributed by atoms with E-state index in [9.17, 15) is 0 Å². The van der Waals surface area contributed by atoms with Crippen LogP contribution in [0.25, 0.3) is 0 Å². The molecule has 0 aliphatic rings. The maximum Gasteiger partial charge on any atom is 0.174 e. The minimum Gasteiger partial charge on any atom is -0.305 e. The van der Waals surface area contributed by atoms with Gasteiger partial charge in [-0.3, -0.25) is 0 Å². The largest absolute Gasteiger partial charge is 0.305 e. The molecule has 0 bridgehead atoms. The Morgan fingerprint density at radius 1 is 1.85 bits per heavy atom. The topological polar surface area (TPSA) is 61.6 Å². The fourth-order valence-electron chi connectivity index (χ4n) is 0.763. The van der Waals surface area contributed by atoms with Gasteiger partial charge in [0.25, 0.3) is 0 Å². The fourth-order valence-corrected chi connectivity index (χ4v) is 2.33. The van der Waals surface area contributed by atoms with Gasteiger partial charge in [-0.25, -0.2) is 0 Å². The van der Waals surface area contributed by atoms with Crippen molar-refractivity contribution in [2.24, 2.45) is 0 Å². The van der Waals surface area contributed by atoms with Crippen molar-refractivity contribution < 1.29 is 0 Å². The summed E-state index contributed by atoms with van der Waals surface area (Å²) in [5, 5.41) is 19.2. The SMILES string of the molecule is CNC(C#N)CCSc1nncs1. The predicted octanol–water partition coefficient (Wildman–Crippen LogP) is 1.13. The lowest BCUT2D eigenvalue weighted by molar-refractivity contribution is 0.663. The summed E-state index contributed by atoms with van der Waals surface area (Å²) in [6, 6.07) is 2.12. The summed E-state index contributed by atoms with van der Waals surface area (Å²) in [4.78, 5) is 0. The van der Waals surface area contributed by atoms with Gasteiger partial charge in [-0.15, -0.1) is 10.2 Å². The number of rotatable bonds is 5. The molecule has 0 radical (unpaired) electrons. The maximum atomic E-state index is 8.64. The Labute approximate surface area is 85.4 Å². The molecule has 0 saturated carbocycles. The lowest BCUT2D eigenvalue weighted by atomic mass is 10.3. The molecule has 0 fully saturated rings. The van der Waals surface area contributed by atoms with Crippen molar-refractivity contribution in [1.29, 1.82) is 5.26 Å². The molecule has 0 saturated heterocycles. The van der Waals surface area contributed by atoms with E-state index in [1.165, 1.54) is 11.3 Å². The zero-order valence-corrected chi connectivity index (χ0v) is 8.86. The van der Waals surface area contributed by atoms with E-state index in [1.807, 2.05) is 0 Å². The van der Waals surface area contributed by atoms with E-state index in [2.05, 4.69) is 21.6 Å². The molecule has 70 valence electrons. The standard InChI is InChI=1S/C7H10N4S2/c1-9-6(4-8)2-3-12-7-11-10-5-13-7/h5-6,9H,2-3H2,1H3. The molecule has 13 heavy (non-hydrogen) atoms. The first kappa shape index (κ1) is 10.4. The molecule has 0 aliphatic carbocycles. The molecular weight excluding hydrogens is 204 g/mol. The Morgan fingerprint density at radius 3 is 3.23 bits per heavy atom. The van der Waals surface area contributed by atoms with E-state index in [0.717, 1.165) is 16.5 Å². The lowest BCUT2D eigenvalue weighted by Gasteiger charge is -2.04. The van der Waals surface area contributed by atoms with Crippen molar-refractivity contribution in [3.8, 4) is 6.07 Å². The Kier molecular flexibility index (Phi) is 4.75. The van der Waals surface area contributed by atoms with Gasteiger partial charge in [-0.05, 0) is 13.5 Å². The van der Waals surface area contributed by atoms with Gasteiger partial charge in [-0.1, -0.05) is 23.1 Å². The van der Waals surface area contributed by atoms with E-state index in [1.54, 1.807) is 24.3 Å². The molecule has 1 aromatic heterocycles. The molecule has 1 N–H and O–H groups in total. The molecule has 1 heterocycles. The van der Waals surface area contributed by atoms with E-state index < -0.39 is 0 Å². The van der Waals surface area contributed by atoms with Crippen LogP contribution in [0.15, 0.2) is 9.85 Å². The summed E-state index contributed by atoms with van der Waals surface area (Å²) >= 11 is 3.17. The minimum absolute atomic E-state index is 0.0552. The highest BCUT2D eigenvalue weighted by Gasteiger charge is 2.04. The number of nitriles is 1. The van der Waals surface area contributed by atoms with E-state index in [0.29, 0.717) is 0 Å². The number of hydrogen-bond acceptors (Lipinski definition) is 6. The fraction of sp³-hybridized carbons (Fsp3) is 0.571. The van der Waals surface area contributed by atoms with E-state index in [-0.39, 0.29) is 6.04 Å². The van der Waals surface area contributed by atoms with Crippen molar-refractivity contribution >= 4 is 23.1 Å². The van der Waals surface area contributed by atoms with Gasteiger partial charge in [0.05, 0.1) is 12.1 Å². The molecule has 6 heteroatoms. The van der Waals surface area contributed by atoms with Crippen LogP contribution >= 0.6 is 23.1 Å². The summed E-state index contributed by atoms with van der Waals surface area (Å²) in [5.74, 6) is 0.897. The third kappa shape index (κ3) is 3.72. The van der Waals surface area contributed by atoms with Gasteiger partial charge >= 0.3 is 0 Å². The summed E-state index contributed by atoms with van der Waals surface area (Å²) in [6.45, 7) is 0. The first-order valence-corrected chi connectivity index (χ1v) is 5.69. The molecule has 0 spiro atoms. The number of thioether (sulfide) groups is 1. The van der Waals surface area contributed by atoms with Gasteiger partial charge in [0, 0.05) is 5.75 Å². The molecule has 0 amide bonds. The molecule has 4 nitrogen and oxygen atoms in total. The molecule has 1 rings (SSSR count). The van der Waals surface area contributed by atoms with Gasteiger partial charge in [0.1, 0.15) is 5.51 Å². The highest BCUT2D eigenvalue weighted by atomic mass is 32.2. The number of aromatic nitrogens is 2. The number of nitrogens with one attached hydrogen (secondary N) is 1. The zero-order valence-electron chi connectivity index (χ0n) is 7.23. The first-order chi connectivity index (χ1) is 6.36.